The van der Waals surface area contributed by atoms with E-state index in [4.69, 9.17) is 0 Å². The number of benzene rings is 1. The first kappa shape index (κ1) is 16.0. The summed E-state index contributed by atoms with van der Waals surface area (Å²) < 4.78 is 15.7. The van der Waals surface area contributed by atoms with E-state index in [9.17, 15) is 14.5 Å². The van der Waals surface area contributed by atoms with Crippen LogP contribution in [0.2, 0.25) is 0 Å². The third-order valence-electron chi connectivity index (χ3n) is 5.13. The highest BCUT2D eigenvalue weighted by Crippen LogP contribution is 2.40. The first-order chi connectivity index (χ1) is 12.1. The van der Waals surface area contributed by atoms with E-state index in [1.165, 1.54) is 18.6 Å². The maximum atomic E-state index is 13.5. The van der Waals surface area contributed by atoms with Crippen molar-refractivity contribution in [3.8, 4) is 0 Å². The number of anilines is 1. The summed E-state index contributed by atoms with van der Waals surface area (Å²) in [6, 6.07) is 3.73. The van der Waals surface area contributed by atoms with Crippen molar-refractivity contribution in [3.63, 3.8) is 0 Å². The predicted octanol–water partition coefficient (Wildman–Crippen LogP) is 3.39. The molecule has 7 nitrogen and oxygen atoms in total. The zero-order valence-corrected chi connectivity index (χ0v) is 13.9. The van der Waals surface area contributed by atoms with E-state index in [2.05, 4.69) is 14.8 Å². The number of nitrogens with zero attached hydrogens (tertiary/aromatic N) is 5. The van der Waals surface area contributed by atoms with E-state index in [1.807, 2.05) is 4.90 Å². The summed E-state index contributed by atoms with van der Waals surface area (Å²) in [5.41, 5.74) is 0.266. The van der Waals surface area contributed by atoms with Crippen LogP contribution in [-0.2, 0) is 13.0 Å². The molecule has 1 saturated heterocycles. The molecule has 0 spiro atoms. The standard InChI is InChI=1S/C17H20FN5O2/c18-12-7-8-13(15(11-12)23(24)25)21-10-4-5-14(21)17-20-19-16-6-2-1-3-9-22(16)17/h7-8,11,14H,1-6,9-10H2/t14-/m1/s1. The Morgan fingerprint density at radius 3 is 2.88 bits per heavy atom. The van der Waals surface area contributed by atoms with Gasteiger partial charge in [0.1, 0.15) is 17.3 Å². The number of aryl methyl sites for hydroxylation is 1. The van der Waals surface area contributed by atoms with Crippen molar-refractivity contribution in [3.05, 3.63) is 45.8 Å². The molecule has 1 aromatic heterocycles. The lowest BCUT2D eigenvalue weighted by Crippen LogP contribution is -2.26. The van der Waals surface area contributed by atoms with Crippen LogP contribution < -0.4 is 4.90 Å². The molecule has 3 heterocycles. The Kier molecular flexibility index (Phi) is 4.10. The molecule has 1 aromatic carbocycles. The van der Waals surface area contributed by atoms with Gasteiger partial charge in [0, 0.05) is 19.5 Å². The SMILES string of the molecule is O=[N+]([O-])c1cc(F)ccc1N1CCC[C@@H]1c1nnc2n1CCCCC2. The summed E-state index contributed by atoms with van der Waals surface area (Å²) in [6.07, 6.45) is 6.11. The lowest BCUT2D eigenvalue weighted by Gasteiger charge is -2.26. The molecule has 0 bridgehead atoms. The van der Waals surface area contributed by atoms with E-state index in [0.717, 1.165) is 56.4 Å². The minimum atomic E-state index is -0.595. The van der Waals surface area contributed by atoms with E-state index < -0.39 is 10.7 Å². The van der Waals surface area contributed by atoms with Crippen molar-refractivity contribution in [1.29, 1.82) is 0 Å². The lowest BCUT2D eigenvalue weighted by atomic mass is 10.1. The normalized spacial score (nSPS) is 20.4. The highest BCUT2D eigenvalue weighted by molar-refractivity contribution is 5.64. The molecule has 25 heavy (non-hydrogen) atoms. The monoisotopic (exact) mass is 345 g/mol. The van der Waals surface area contributed by atoms with Crippen LogP contribution in [0, 0.1) is 15.9 Å². The molecule has 1 fully saturated rings. The molecule has 0 unspecified atom stereocenters. The summed E-state index contributed by atoms with van der Waals surface area (Å²) >= 11 is 0. The number of hydrogen-bond acceptors (Lipinski definition) is 5. The second-order valence-electron chi connectivity index (χ2n) is 6.68. The Morgan fingerprint density at radius 2 is 2.04 bits per heavy atom. The number of rotatable bonds is 3. The fourth-order valence-corrected chi connectivity index (χ4v) is 3.96. The van der Waals surface area contributed by atoms with Gasteiger partial charge in [0.2, 0.25) is 0 Å². The average Bonchev–Trinajstić information content (AvgIpc) is 3.15. The van der Waals surface area contributed by atoms with E-state index in [-0.39, 0.29) is 11.7 Å². The molecule has 2 aliphatic heterocycles. The smallest absolute Gasteiger partial charge is 0.295 e. The Bertz CT molecular complexity index is 806. The second-order valence-corrected chi connectivity index (χ2v) is 6.68. The second kappa shape index (κ2) is 6.42. The molecule has 0 radical (unpaired) electrons. The summed E-state index contributed by atoms with van der Waals surface area (Å²) in [5, 5.41) is 20.2. The van der Waals surface area contributed by atoms with Crippen molar-refractivity contribution >= 4 is 11.4 Å². The molecular weight excluding hydrogens is 325 g/mol. The van der Waals surface area contributed by atoms with Crippen LogP contribution in [0.3, 0.4) is 0 Å². The van der Waals surface area contributed by atoms with Gasteiger partial charge in [-0.3, -0.25) is 10.1 Å². The minimum absolute atomic E-state index is 0.0523. The van der Waals surface area contributed by atoms with Crippen molar-refractivity contribution in [2.45, 2.75) is 51.1 Å². The number of halogens is 1. The third-order valence-corrected chi connectivity index (χ3v) is 5.13. The highest BCUT2D eigenvalue weighted by Gasteiger charge is 2.34. The molecular formula is C17H20FN5O2. The van der Waals surface area contributed by atoms with Crippen LogP contribution in [0.25, 0.3) is 0 Å². The van der Waals surface area contributed by atoms with Gasteiger partial charge in [0.15, 0.2) is 5.82 Å². The van der Waals surface area contributed by atoms with Gasteiger partial charge in [0.05, 0.1) is 17.0 Å². The largest absolute Gasteiger partial charge is 0.356 e. The lowest BCUT2D eigenvalue weighted by molar-refractivity contribution is -0.384. The van der Waals surface area contributed by atoms with Gasteiger partial charge in [0.25, 0.3) is 5.69 Å². The zero-order valence-electron chi connectivity index (χ0n) is 13.9. The highest BCUT2D eigenvalue weighted by atomic mass is 19.1. The van der Waals surface area contributed by atoms with E-state index >= 15 is 0 Å². The molecule has 2 aliphatic rings. The topological polar surface area (TPSA) is 77.1 Å². The molecule has 0 N–H and O–H groups in total. The first-order valence-corrected chi connectivity index (χ1v) is 8.77. The third kappa shape index (κ3) is 2.85. The molecule has 0 saturated carbocycles. The van der Waals surface area contributed by atoms with E-state index in [1.54, 1.807) is 0 Å². The van der Waals surface area contributed by atoms with E-state index in [0.29, 0.717) is 12.2 Å². The van der Waals surface area contributed by atoms with Gasteiger partial charge in [-0.2, -0.15) is 0 Å². The Balaban J connectivity index is 1.73. The van der Waals surface area contributed by atoms with Gasteiger partial charge in [-0.25, -0.2) is 4.39 Å². The molecule has 8 heteroatoms. The van der Waals surface area contributed by atoms with Crippen molar-refractivity contribution in [2.75, 3.05) is 11.4 Å². The molecule has 1 atom stereocenters. The van der Waals surface area contributed by atoms with Gasteiger partial charge in [-0.05, 0) is 37.8 Å². The Labute approximate surface area is 144 Å². The number of hydrogen-bond donors (Lipinski definition) is 0. The number of nitro benzene ring substituents is 1. The van der Waals surface area contributed by atoms with Crippen LogP contribution in [0.4, 0.5) is 15.8 Å². The van der Waals surface area contributed by atoms with Crippen LogP contribution in [0.1, 0.15) is 49.8 Å². The zero-order chi connectivity index (χ0) is 17.4. The summed E-state index contributed by atoms with van der Waals surface area (Å²) in [4.78, 5) is 12.9. The van der Waals surface area contributed by atoms with Crippen molar-refractivity contribution in [1.82, 2.24) is 14.8 Å². The van der Waals surface area contributed by atoms with Gasteiger partial charge in [-0.1, -0.05) is 6.42 Å². The fourth-order valence-electron chi connectivity index (χ4n) is 3.96. The van der Waals surface area contributed by atoms with Crippen LogP contribution in [0.15, 0.2) is 18.2 Å². The minimum Gasteiger partial charge on any atom is -0.356 e. The van der Waals surface area contributed by atoms with Gasteiger partial charge < -0.3 is 9.47 Å². The summed E-state index contributed by atoms with van der Waals surface area (Å²) in [7, 11) is 0. The van der Waals surface area contributed by atoms with Crippen molar-refractivity contribution < 1.29 is 9.31 Å². The Hall–Kier alpha value is -2.51. The predicted molar refractivity (Wildman–Crippen MR) is 90.0 cm³/mol. The molecule has 132 valence electrons. The maximum Gasteiger partial charge on any atom is 0.295 e. The van der Waals surface area contributed by atoms with Crippen LogP contribution in [0.5, 0.6) is 0 Å². The van der Waals surface area contributed by atoms with Crippen LogP contribution in [-0.4, -0.2) is 26.2 Å². The van der Waals surface area contributed by atoms with Gasteiger partial charge in [-0.15, -0.1) is 10.2 Å². The Morgan fingerprint density at radius 1 is 1.16 bits per heavy atom. The van der Waals surface area contributed by atoms with Crippen LogP contribution >= 0.6 is 0 Å². The first-order valence-electron chi connectivity index (χ1n) is 8.77. The molecule has 2 aromatic rings. The number of aromatic nitrogens is 3. The molecule has 0 amide bonds. The number of nitro groups is 1. The summed E-state index contributed by atoms with van der Waals surface area (Å²) in [6.45, 7) is 1.59. The maximum absolute atomic E-state index is 13.5. The van der Waals surface area contributed by atoms with Crippen molar-refractivity contribution in [2.24, 2.45) is 0 Å². The van der Waals surface area contributed by atoms with Gasteiger partial charge >= 0.3 is 0 Å². The number of fused-ring (bicyclic) bond motifs is 1. The fraction of sp³-hybridized carbons (Fsp3) is 0.529. The quantitative estimate of drug-likeness (QED) is 0.629. The average molecular weight is 345 g/mol. The molecule has 4 rings (SSSR count). The molecule has 0 aliphatic carbocycles. The summed E-state index contributed by atoms with van der Waals surface area (Å²) in [5.74, 6) is 1.29.